The smallest absolute Gasteiger partial charge is 0.199 e. The Hall–Kier alpha value is -1.97. The second-order valence-electron chi connectivity index (χ2n) is 5.79. The molecule has 0 bridgehead atoms. The predicted octanol–water partition coefficient (Wildman–Crippen LogP) is 4.44. The molecule has 1 aromatic carbocycles. The van der Waals surface area contributed by atoms with E-state index in [4.69, 9.17) is 13.9 Å². The average molecular weight is 289 g/mol. The minimum atomic E-state index is -0.123. The van der Waals surface area contributed by atoms with Crippen molar-refractivity contribution in [1.29, 1.82) is 0 Å². The minimum absolute atomic E-state index is 0.123. The van der Waals surface area contributed by atoms with Crippen LogP contribution in [-0.4, -0.2) is 18.2 Å². The van der Waals surface area contributed by atoms with Gasteiger partial charge in [-0.15, -0.1) is 0 Å². The van der Waals surface area contributed by atoms with E-state index >= 15 is 0 Å². The number of hydrogen-bond acceptors (Lipinski definition) is 4. The molecular weight excluding hydrogens is 266 g/mol. The molecule has 21 heavy (non-hydrogen) atoms. The lowest BCUT2D eigenvalue weighted by Crippen LogP contribution is -2.11. The summed E-state index contributed by atoms with van der Waals surface area (Å²) in [6.07, 6.45) is 1.67. The summed E-state index contributed by atoms with van der Waals surface area (Å²) >= 11 is 0. The average Bonchev–Trinajstić information content (AvgIpc) is 2.90. The van der Waals surface area contributed by atoms with Gasteiger partial charge in [-0.3, -0.25) is 0 Å². The maximum Gasteiger partial charge on any atom is 0.199 e. The lowest BCUT2D eigenvalue weighted by Gasteiger charge is -2.14. The maximum atomic E-state index is 5.76. The van der Waals surface area contributed by atoms with Gasteiger partial charge in [0.25, 0.3) is 0 Å². The normalized spacial score (nSPS) is 11.5. The Morgan fingerprint density at radius 2 is 1.81 bits per heavy atom. The highest BCUT2D eigenvalue weighted by Gasteiger charge is 2.22. The van der Waals surface area contributed by atoms with E-state index in [1.54, 1.807) is 6.26 Å². The first kappa shape index (κ1) is 15.4. The molecule has 0 aliphatic rings. The topological polar surface area (TPSA) is 44.5 Å². The van der Waals surface area contributed by atoms with Crippen LogP contribution in [0.2, 0.25) is 0 Å². The van der Waals surface area contributed by atoms with E-state index in [-0.39, 0.29) is 5.41 Å². The van der Waals surface area contributed by atoms with Gasteiger partial charge in [-0.05, 0) is 26.0 Å². The van der Waals surface area contributed by atoms with Gasteiger partial charge in [0.15, 0.2) is 17.4 Å². The Kier molecular flexibility index (Phi) is 4.56. The van der Waals surface area contributed by atoms with Crippen molar-refractivity contribution in [3.63, 3.8) is 0 Å². The van der Waals surface area contributed by atoms with Crippen molar-refractivity contribution in [3.05, 3.63) is 30.4 Å². The summed E-state index contributed by atoms with van der Waals surface area (Å²) in [5, 5.41) is 0. The number of para-hydroxylation sites is 1. The number of aromatic nitrogens is 1. The molecule has 0 fully saturated rings. The largest absolute Gasteiger partial charge is 0.490 e. The van der Waals surface area contributed by atoms with Gasteiger partial charge < -0.3 is 13.9 Å². The van der Waals surface area contributed by atoms with Crippen LogP contribution in [0.25, 0.3) is 11.3 Å². The third kappa shape index (κ3) is 3.38. The van der Waals surface area contributed by atoms with E-state index < -0.39 is 0 Å². The van der Waals surface area contributed by atoms with Crippen molar-refractivity contribution in [2.24, 2.45) is 0 Å². The molecule has 1 aromatic heterocycles. The quantitative estimate of drug-likeness (QED) is 0.816. The molecule has 0 aliphatic heterocycles. The van der Waals surface area contributed by atoms with Crippen LogP contribution in [0.3, 0.4) is 0 Å². The Morgan fingerprint density at radius 3 is 2.38 bits per heavy atom. The van der Waals surface area contributed by atoms with Crippen molar-refractivity contribution in [1.82, 2.24) is 4.98 Å². The second-order valence-corrected chi connectivity index (χ2v) is 5.79. The van der Waals surface area contributed by atoms with Crippen molar-refractivity contribution in [2.75, 3.05) is 13.2 Å². The van der Waals surface area contributed by atoms with Gasteiger partial charge in [-0.25, -0.2) is 4.98 Å². The molecule has 2 aromatic rings. The molecule has 0 amide bonds. The zero-order chi connectivity index (χ0) is 15.5. The van der Waals surface area contributed by atoms with Gasteiger partial charge >= 0.3 is 0 Å². The molecule has 1 heterocycles. The van der Waals surface area contributed by atoms with E-state index in [0.29, 0.717) is 19.1 Å². The van der Waals surface area contributed by atoms with E-state index in [2.05, 4.69) is 25.8 Å². The van der Waals surface area contributed by atoms with E-state index in [1.807, 2.05) is 32.0 Å². The molecule has 114 valence electrons. The summed E-state index contributed by atoms with van der Waals surface area (Å²) in [7, 11) is 0. The first-order valence-corrected chi connectivity index (χ1v) is 7.32. The standard InChI is InChI=1S/C17H23NO3/c1-6-19-14-10-8-9-12(15(14)20-7-2)13-11-21-16(18-13)17(3,4)5/h8-11H,6-7H2,1-5H3. The molecule has 2 rings (SSSR count). The van der Waals surface area contributed by atoms with Crippen molar-refractivity contribution in [2.45, 2.75) is 40.0 Å². The summed E-state index contributed by atoms with van der Waals surface area (Å²) < 4.78 is 17.0. The fraction of sp³-hybridized carbons (Fsp3) is 0.471. The van der Waals surface area contributed by atoms with E-state index in [0.717, 1.165) is 22.8 Å². The van der Waals surface area contributed by atoms with E-state index in [9.17, 15) is 0 Å². The first-order valence-electron chi connectivity index (χ1n) is 7.32. The SMILES string of the molecule is CCOc1cccc(-c2coc(C(C)(C)C)n2)c1OCC. The van der Waals surface area contributed by atoms with Crippen LogP contribution in [0.15, 0.2) is 28.9 Å². The van der Waals surface area contributed by atoms with Gasteiger partial charge in [0.1, 0.15) is 12.0 Å². The molecular formula is C17H23NO3. The Morgan fingerprint density at radius 1 is 1.10 bits per heavy atom. The highest BCUT2D eigenvalue weighted by molar-refractivity contribution is 5.70. The maximum absolute atomic E-state index is 5.76. The lowest BCUT2D eigenvalue weighted by atomic mass is 9.97. The zero-order valence-electron chi connectivity index (χ0n) is 13.4. The highest BCUT2D eigenvalue weighted by atomic mass is 16.5. The van der Waals surface area contributed by atoms with Crippen LogP contribution in [0.1, 0.15) is 40.5 Å². The summed E-state index contributed by atoms with van der Waals surface area (Å²) in [4.78, 5) is 4.59. The van der Waals surface area contributed by atoms with Crippen LogP contribution in [0.4, 0.5) is 0 Å². The number of ether oxygens (including phenoxy) is 2. The summed E-state index contributed by atoms with van der Waals surface area (Å²) in [5.41, 5.74) is 1.54. The number of rotatable bonds is 5. The molecule has 0 atom stereocenters. The first-order chi connectivity index (χ1) is 9.97. The van der Waals surface area contributed by atoms with Crippen LogP contribution in [0, 0.1) is 0 Å². The Labute approximate surface area is 126 Å². The van der Waals surface area contributed by atoms with Crippen LogP contribution < -0.4 is 9.47 Å². The fourth-order valence-electron chi connectivity index (χ4n) is 2.02. The van der Waals surface area contributed by atoms with Crippen LogP contribution in [0.5, 0.6) is 11.5 Å². The lowest BCUT2D eigenvalue weighted by molar-refractivity contribution is 0.288. The molecule has 0 radical (unpaired) electrons. The van der Waals surface area contributed by atoms with Gasteiger partial charge in [-0.2, -0.15) is 0 Å². The fourth-order valence-corrected chi connectivity index (χ4v) is 2.02. The molecule has 0 unspecified atom stereocenters. The van der Waals surface area contributed by atoms with Crippen molar-refractivity contribution < 1.29 is 13.9 Å². The number of hydrogen-bond donors (Lipinski definition) is 0. The molecule has 0 N–H and O–H groups in total. The van der Waals surface area contributed by atoms with Gasteiger partial charge in [0, 0.05) is 11.0 Å². The molecule has 0 saturated carbocycles. The van der Waals surface area contributed by atoms with Gasteiger partial charge in [0.2, 0.25) is 0 Å². The Bertz CT molecular complexity index is 596. The number of benzene rings is 1. The number of nitrogens with zero attached hydrogens (tertiary/aromatic N) is 1. The third-order valence-electron chi connectivity index (χ3n) is 2.99. The van der Waals surface area contributed by atoms with Crippen molar-refractivity contribution in [3.8, 4) is 22.8 Å². The van der Waals surface area contributed by atoms with Gasteiger partial charge in [-0.1, -0.05) is 26.8 Å². The van der Waals surface area contributed by atoms with Crippen molar-refractivity contribution >= 4 is 0 Å². The second kappa shape index (κ2) is 6.20. The summed E-state index contributed by atoms with van der Waals surface area (Å²) in [5.74, 6) is 2.16. The summed E-state index contributed by atoms with van der Waals surface area (Å²) in [6.45, 7) is 11.3. The molecule has 0 saturated heterocycles. The Balaban J connectivity index is 2.47. The molecule has 4 heteroatoms. The molecule has 0 spiro atoms. The number of oxazole rings is 1. The van der Waals surface area contributed by atoms with E-state index in [1.165, 1.54) is 0 Å². The van der Waals surface area contributed by atoms with Crippen LogP contribution >= 0.6 is 0 Å². The minimum Gasteiger partial charge on any atom is -0.490 e. The van der Waals surface area contributed by atoms with Gasteiger partial charge in [0.05, 0.1) is 13.2 Å². The third-order valence-corrected chi connectivity index (χ3v) is 2.99. The molecule has 0 aliphatic carbocycles. The molecule has 4 nitrogen and oxygen atoms in total. The summed E-state index contributed by atoms with van der Waals surface area (Å²) in [6, 6.07) is 5.81. The predicted molar refractivity (Wildman–Crippen MR) is 83.0 cm³/mol. The zero-order valence-corrected chi connectivity index (χ0v) is 13.4. The van der Waals surface area contributed by atoms with Crippen LogP contribution in [-0.2, 0) is 5.41 Å². The monoisotopic (exact) mass is 289 g/mol. The highest BCUT2D eigenvalue weighted by Crippen LogP contribution is 2.38.